The summed E-state index contributed by atoms with van der Waals surface area (Å²) in [5.41, 5.74) is 7.33. The van der Waals surface area contributed by atoms with E-state index in [1.807, 2.05) is 0 Å². The van der Waals surface area contributed by atoms with Crippen molar-refractivity contribution >= 4 is 17.2 Å². The average Bonchev–Trinajstić information content (AvgIpc) is 2.31. The lowest BCUT2D eigenvalue weighted by molar-refractivity contribution is 0.143. The summed E-state index contributed by atoms with van der Waals surface area (Å²) in [5.74, 6) is -0.307. The molecular weight excluding hydrogens is 247 g/mol. The molecule has 0 saturated heterocycles. The largest absolute Gasteiger partial charge is 0.389 e. The van der Waals surface area contributed by atoms with E-state index in [2.05, 4.69) is 32.7 Å². The van der Waals surface area contributed by atoms with Crippen molar-refractivity contribution in [2.45, 2.75) is 39.3 Å². The van der Waals surface area contributed by atoms with Crippen LogP contribution in [0.15, 0.2) is 18.2 Å². The molecule has 0 unspecified atom stereocenters. The average molecular weight is 268 g/mol. The highest BCUT2D eigenvalue weighted by atomic mass is 32.1. The predicted molar refractivity (Wildman–Crippen MR) is 78.1 cm³/mol. The van der Waals surface area contributed by atoms with Gasteiger partial charge in [-0.15, -0.1) is 0 Å². The Kier molecular flexibility index (Phi) is 4.82. The first-order valence-corrected chi connectivity index (χ1v) is 6.48. The summed E-state index contributed by atoms with van der Waals surface area (Å²) < 4.78 is 13.2. The fourth-order valence-corrected chi connectivity index (χ4v) is 1.85. The van der Waals surface area contributed by atoms with Gasteiger partial charge in [0.25, 0.3) is 0 Å². The summed E-state index contributed by atoms with van der Waals surface area (Å²) >= 11 is 4.98. The number of halogens is 1. The minimum Gasteiger partial charge on any atom is -0.389 e. The molecule has 0 amide bonds. The summed E-state index contributed by atoms with van der Waals surface area (Å²) in [5, 5.41) is 0. The molecule has 1 aromatic rings. The van der Waals surface area contributed by atoms with Crippen LogP contribution in [0, 0.1) is 5.82 Å². The quantitative estimate of drug-likeness (QED) is 0.832. The molecular formula is C14H21FN2S. The second-order valence-corrected chi connectivity index (χ2v) is 5.63. The first kappa shape index (κ1) is 15.1. The van der Waals surface area contributed by atoms with Gasteiger partial charge in [-0.3, -0.25) is 4.90 Å². The Morgan fingerprint density at radius 2 is 2.06 bits per heavy atom. The third kappa shape index (κ3) is 3.50. The van der Waals surface area contributed by atoms with Gasteiger partial charge in [-0.25, -0.2) is 4.39 Å². The lowest BCUT2D eigenvalue weighted by Crippen LogP contribution is -2.40. The Morgan fingerprint density at radius 1 is 1.44 bits per heavy atom. The third-order valence-corrected chi connectivity index (χ3v) is 3.86. The van der Waals surface area contributed by atoms with Crippen LogP contribution in [0.4, 0.5) is 4.39 Å². The van der Waals surface area contributed by atoms with Crippen molar-refractivity contribution < 1.29 is 4.39 Å². The van der Waals surface area contributed by atoms with Crippen molar-refractivity contribution in [1.29, 1.82) is 0 Å². The van der Waals surface area contributed by atoms with Crippen molar-refractivity contribution in [2.24, 2.45) is 5.73 Å². The van der Waals surface area contributed by atoms with Gasteiger partial charge in [-0.2, -0.15) is 0 Å². The highest BCUT2D eigenvalue weighted by Crippen LogP contribution is 2.21. The number of hydrogen-bond donors (Lipinski definition) is 1. The molecule has 0 radical (unpaired) electrons. The highest BCUT2D eigenvalue weighted by molar-refractivity contribution is 7.80. The van der Waals surface area contributed by atoms with Crippen LogP contribution in [0.5, 0.6) is 0 Å². The van der Waals surface area contributed by atoms with Crippen LogP contribution in [0.2, 0.25) is 0 Å². The smallest absolute Gasteiger partial charge is 0.123 e. The predicted octanol–water partition coefficient (Wildman–Crippen LogP) is 3.08. The first-order chi connectivity index (χ1) is 8.27. The van der Waals surface area contributed by atoms with Crippen LogP contribution in [0.3, 0.4) is 0 Å². The molecule has 18 heavy (non-hydrogen) atoms. The maximum atomic E-state index is 13.2. The van der Waals surface area contributed by atoms with Gasteiger partial charge in [-0.1, -0.05) is 25.2 Å². The number of rotatable bonds is 5. The van der Waals surface area contributed by atoms with Crippen LogP contribution < -0.4 is 5.73 Å². The van der Waals surface area contributed by atoms with Crippen LogP contribution in [-0.2, 0) is 6.54 Å². The highest BCUT2D eigenvalue weighted by Gasteiger charge is 2.22. The van der Waals surface area contributed by atoms with Crippen molar-refractivity contribution in [3.8, 4) is 0 Å². The molecule has 0 heterocycles. The standard InChI is InChI=1S/C14H21FN2S/c1-5-14(2,3)17(4)9-10-6-7-11(15)8-12(10)13(16)18/h6-8H,5,9H2,1-4H3,(H2,16,18). The minimum atomic E-state index is -0.307. The lowest BCUT2D eigenvalue weighted by Gasteiger charge is -2.35. The molecule has 1 rings (SSSR count). The SMILES string of the molecule is CCC(C)(C)N(C)Cc1ccc(F)cc1C(N)=S. The molecule has 4 heteroatoms. The van der Waals surface area contributed by atoms with Gasteiger partial charge in [0.15, 0.2) is 0 Å². The maximum absolute atomic E-state index is 13.2. The molecule has 0 aliphatic carbocycles. The Morgan fingerprint density at radius 3 is 2.56 bits per heavy atom. The number of nitrogens with zero attached hydrogens (tertiary/aromatic N) is 1. The monoisotopic (exact) mass is 268 g/mol. The molecule has 0 aliphatic rings. The Bertz CT molecular complexity index is 443. The van der Waals surface area contributed by atoms with Crippen molar-refractivity contribution in [2.75, 3.05) is 7.05 Å². The van der Waals surface area contributed by atoms with E-state index in [-0.39, 0.29) is 16.3 Å². The lowest BCUT2D eigenvalue weighted by atomic mass is 9.98. The third-order valence-electron chi connectivity index (χ3n) is 3.64. The molecule has 0 aromatic heterocycles. The van der Waals surface area contributed by atoms with Gasteiger partial charge < -0.3 is 5.73 Å². The zero-order valence-electron chi connectivity index (χ0n) is 11.5. The number of benzene rings is 1. The summed E-state index contributed by atoms with van der Waals surface area (Å²) in [6.45, 7) is 7.21. The number of hydrogen-bond acceptors (Lipinski definition) is 2. The Balaban J connectivity index is 3.01. The molecule has 0 spiro atoms. The van der Waals surface area contributed by atoms with E-state index < -0.39 is 0 Å². The van der Waals surface area contributed by atoms with Gasteiger partial charge in [0.2, 0.25) is 0 Å². The van der Waals surface area contributed by atoms with Gasteiger partial charge in [0.05, 0.1) is 0 Å². The fraction of sp³-hybridized carbons (Fsp3) is 0.500. The molecule has 0 bridgehead atoms. The topological polar surface area (TPSA) is 29.3 Å². The number of thiocarbonyl (C=S) groups is 1. The molecule has 0 fully saturated rings. The zero-order valence-corrected chi connectivity index (χ0v) is 12.3. The molecule has 2 N–H and O–H groups in total. The summed E-state index contributed by atoms with van der Waals surface area (Å²) in [7, 11) is 2.05. The summed E-state index contributed by atoms with van der Waals surface area (Å²) in [6.07, 6.45) is 1.03. The molecule has 0 atom stereocenters. The van der Waals surface area contributed by atoms with E-state index in [1.54, 1.807) is 6.07 Å². The normalized spacial score (nSPS) is 11.9. The van der Waals surface area contributed by atoms with Crippen LogP contribution in [0.1, 0.15) is 38.3 Å². The summed E-state index contributed by atoms with van der Waals surface area (Å²) in [4.78, 5) is 2.47. The van der Waals surface area contributed by atoms with E-state index in [0.29, 0.717) is 12.1 Å². The molecule has 0 aliphatic heterocycles. The van der Waals surface area contributed by atoms with E-state index in [4.69, 9.17) is 18.0 Å². The van der Waals surface area contributed by atoms with Gasteiger partial charge >= 0.3 is 0 Å². The van der Waals surface area contributed by atoms with Gasteiger partial charge in [0.1, 0.15) is 10.8 Å². The van der Waals surface area contributed by atoms with E-state index in [1.165, 1.54) is 12.1 Å². The van der Waals surface area contributed by atoms with Gasteiger partial charge in [-0.05, 0) is 45.0 Å². The molecule has 100 valence electrons. The van der Waals surface area contributed by atoms with E-state index >= 15 is 0 Å². The van der Waals surface area contributed by atoms with Crippen molar-refractivity contribution in [1.82, 2.24) is 4.90 Å². The minimum absolute atomic E-state index is 0.0852. The van der Waals surface area contributed by atoms with Crippen LogP contribution in [0.25, 0.3) is 0 Å². The van der Waals surface area contributed by atoms with Gasteiger partial charge in [0, 0.05) is 17.6 Å². The molecule has 0 saturated carbocycles. The maximum Gasteiger partial charge on any atom is 0.123 e. The second kappa shape index (κ2) is 5.76. The van der Waals surface area contributed by atoms with E-state index in [9.17, 15) is 4.39 Å². The molecule has 2 nitrogen and oxygen atoms in total. The van der Waals surface area contributed by atoms with Crippen molar-refractivity contribution in [3.05, 3.63) is 35.1 Å². The second-order valence-electron chi connectivity index (χ2n) is 5.19. The first-order valence-electron chi connectivity index (χ1n) is 6.07. The Labute approximate surface area is 114 Å². The Hall–Kier alpha value is -1.00. The number of nitrogens with two attached hydrogens (primary N) is 1. The van der Waals surface area contributed by atoms with E-state index in [0.717, 1.165) is 12.0 Å². The summed E-state index contributed by atoms with van der Waals surface area (Å²) in [6, 6.07) is 4.61. The van der Waals surface area contributed by atoms with Crippen molar-refractivity contribution in [3.63, 3.8) is 0 Å². The van der Waals surface area contributed by atoms with Crippen LogP contribution in [-0.4, -0.2) is 22.5 Å². The van der Waals surface area contributed by atoms with Crippen LogP contribution >= 0.6 is 12.2 Å². The zero-order chi connectivity index (χ0) is 13.9. The fourth-order valence-electron chi connectivity index (χ4n) is 1.66. The molecule has 1 aromatic carbocycles.